The Bertz CT molecular complexity index is 1390. The molecule has 0 radical (unpaired) electrons. The fraction of sp³-hybridized carbons (Fsp3) is 0.0417. The third-order valence-corrected chi connectivity index (χ3v) is 4.85. The number of benzene rings is 2. The molecule has 2 N–H and O–H groups in total. The molecule has 4 rings (SSSR count). The van der Waals surface area contributed by atoms with E-state index in [-0.39, 0.29) is 5.57 Å². The lowest BCUT2D eigenvalue weighted by molar-refractivity contribution is 0.301. The van der Waals surface area contributed by atoms with Crippen molar-refractivity contribution in [1.29, 1.82) is 10.5 Å². The van der Waals surface area contributed by atoms with E-state index in [2.05, 4.69) is 25.6 Å². The molecule has 0 fully saturated rings. The number of nitrogens with one attached hydrogen (secondary N) is 2. The predicted octanol–water partition coefficient (Wildman–Crippen LogP) is 5.34. The highest BCUT2D eigenvalue weighted by Gasteiger charge is 2.08. The third-order valence-electron chi connectivity index (χ3n) is 4.56. The summed E-state index contributed by atoms with van der Waals surface area (Å²) in [7, 11) is 0. The van der Waals surface area contributed by atoms with Crippen molar-refractivity contribution in [2.75, 3.05) is 10.6 Å². The number of fused-ring (bicyclic) bond motifs is 1. The Morgan fingerprint density at radius 2 is 1.85 bits per heavy atom. The van der Waals surface area contributed by atoms with Gasteiger partial charge in [0.25, 0.3) is 0 Å². The van der Waals surface area contributed by atoms with Crippen LogP contribution in [0.1, 0.15) is 5.69 Å². The summed E-state index contributed by atoms with van der Waals surface area (Å²) in [5.41, 5.74) is 2.90. The zero-order valence-corrected chi connectivity index (χ0v) is 17.9. The molecule has 0 aliphatic carbocycles. The van der Waals surface area contributed by atoms with Crippen LogP contribution in [0.3, 0.4) is 0 Å². The van der Waals surface area contributed by atoms with Crippen molar-refractivity contribution >= 4 is 39.7 Å². The number of ether oxygens (including phenoxy) is 1. The molecule has 33 heavy (non-hydrogen) atoms. The molecule has 0 saturated heterocycles. The van der Waals surface area contributed by atoms with Gasteiger partial charge in [-0.3, -0.25) is 4.98 Å². The van der Waals surface area contributed by atoms with Gasteiger partial charge in [-0.2, -0.15) is 10.5 Å². The Kier molecular flexibility index (Phi) is 6.60. The zero-order valence-electron chi connectivity index (χ0n) is 17.2. The monoisotopic (exact) mass is 453 g/mol. The van der Waals surface area contributed by atoms with E-state index in [1.165, 1.54) is 12.5 Å². The summed E-state index contributed by atoms with van der Waals surface area (Å²) in [5, 5.41) is 25.2. The van der Waals surface area contributed by atoms with Crippen LogP contribution in [0.4, 0.5) is 17.2 Å². The summed E-state index contributed by atoms with van der Waals surface area (Å²) in [5.74, 6) is 1.12. The van der Waals surface area contributed by atoms with Crippen LogP contribution in [0.2, 0.25) is 5.02 Å². The summed E-state index contributed by atoms with van der Waals surface area (Å²) < 4.78 is 5.77. The van der Waals surface area contributed by atoms with Gasteiger partial charge < -0.3 is 15.4 Å². The first-order valence-electron chi connectivity index (χ1n) is 9.77. The Labute approximate surface area is 194 Å². The smallest absolute Gasteiger partial charge is 0.145 e. The number of halogens is 1. The van der Waals surface area contributed by atoms with Gasteiger partial charge in [0.2, 0.25) is 0 Å². The van der Waals surface area contributed by atoms with Gasteiger partial charge in [-0.1, -0.05) is 17.7 Å². The second-order valence-electron chi connectivity index (χ2n) is 6.76. The first kappa shape index (κ1) is 21.6. The number of pyridine rings is 1. The van der Waals surface area contributed by atoms with Gasteiger partial charge in [0.05, 0.1) is 16.2 Å². The van der Waals surface area contributed by atoms with E-state index in [1.807, 2.05) is 36.4 Å². The zero-order chi connectivity index (χ0) is 23.0. The van der Waals surface area contributed by atoms with Crippen molar-refractivity contribution < 1.29 is 4.74 Å². The lowest BCUT2D eigenvalue weighted by Gasteiger charge is -2.12. The summed E-state index contributed by atoms with van der Waals surface area (Å²) in [4.78, 5) is 12.9. The number of hydrogen-bond acceptors (Lipinski definition) is 8. The predicted molar refractivity (Wildman–Crippen MR) is 126 cm³/mol. The Morgan fingerprint density at radius 1 is 1.00 bits per heavy atom. The molecule has 0 bridgehead atoms. The molecule has 8 nitrogen and oxygen atoms in total. The molecule has 2 aromatic carbocycles. The van der Waals surface area contributed by atoms with Crippen molar-refractivity contribution in [2.24, 2.45) is 0 Å². The number of allylic oxidation sites excluding steroid dienone is 1. The third kappa shape index (κ3) is 5.34. The lowest BCUT2D eigenvalue weighted by atomic mass is 10.2. The lowest BCUT2D eigenvalue weighted by Crippen LogP contribution is -1.99. The van der Waals surface area contributed by atoms with Gasteiger partial charge in [0, 0.05) is 29.2 Å². The van der Waals surface area contributed by atoms with Gasteiger partial charge in [-0.25, -0.2) is 9.97 Å². The molecule has 0 aliphatic rings. The van der Waals surface area contributed by atoms with Crippen molar-refractivity contribution in [3.63, 3.8) is 0 Å². The average Bonchev–Trinajstić information content (AvgIpc) is 2.85. The number of anilines is 3. The maximum atomic E-state index is 8.88. The molecule has 0 saturated carbocycles. The van der Waals surface area contributed by atoms with Crippen molar-refractivity contribution in [3.8, 4) is 17.9 Å². The van der Waals surface area contributed by atoms with Crippen molar-refractivity contribution in [1.82, 2.24) is 15.0 Å². The normalized spacial score (nSPS) is 10.0. The number of aromatic nitrogens is 3. The maximum absolute atomic E-state index is 8.88. The van der Waals surface area contributed by atoms with Crippen LogP contribution >= 0.6 is 11.6 Å². The minimum absolute atomic E-state index is 0.0299. The Hall–Kier alpha value is -4.66. The molecule has 4 aromatic rings. The number of hydrogen-bond donors (Lipinski definition) is 2. The molecule has 2 heterocycles. The van der Waals surface area contributed by atoms with Crippen LogP contribution in [-0.2, 0) is 6.61 Å². The summed E-state index contributed by atoms with van der Waals surface area (Å²) in [6.07, 6.45) is 4.52. The Morgan fingerprint density at radius 3 is 2.61 bits per heavy atom. The topological polar surface area (TPSA) is 120 Å². The van der Waals surface area contributed by atoms with Crippen molar-refractivity contribution in [3.05, 3.63) is 89.6 Å². The standard InChI is InChI=1S/C24H16ClN7O/c25-21-10-18(5-7-23(21)33-14-19-3-1-2-8-28-19)32-24-20-9-17(29-13-16(11-26)12-27)4-6-22(20)30-15-31-24/h1-10,13,15,29H,14H2,(H,30,31,32). The average molecular weight is 454 g/mol. The molecule has 0 atom stereocenters. The number of nitriles is 2. The van der Waals surface area contributed by atoms with Gasteiger partial charge in [0.1, 0.15) is 42.2 Å². The first-order valence-corrected chi connectivity index (χ1v) is 10.1. The Balaban J connectivity index is 1.54. The molecule has 0 unspecified atom stereocenters. The van der Waals surface area contributed by atoms with E-state index in [9.17, 15) is 0 Å². The summed E-state index contributed by atoms with van der Waals surface area (Å²) in [6.45, 7) is 0.313. The fourth-order valence-electron chi connectivity index (χ4n) is 2.96. The van der Waals surface area contributed by atoms with Crippen LogP contribution in [0, 0.1) is 22.7 Å². The van der Waals surface area contributed by atoms with Crippen molar-refractivity contribution in [2.45, 2.75) is 6.61 Å². The minimum atomic E-state index is -0.0299. The van der Waals surface area contributed by atoms with Gasteiger partial charge in [-0.05, 0) is 48.5 Å². The largest absolute Gasteiger partial charge is 0.486 e. The molecular formula is C24H16ClN7O. The molecular weight excluding hydrogens is 438 g/mol. The second kappa shape index (κ2) is 10.1. The maximum Gasteiger partial charge on any atom is 0.145 e. The van der Waals surface area contributed by atoms with E-state index in [1.54, 1.807) is 36.5 Å². The SMILES string of the molecule is N#CC(C#N)=CNc1ccc2ncnc(Nc3ccc(OCc4ccccn4)c(Cl)c3)c2c1. The van der Waals surface area contributed by atoms with Gasteiger partial charge >= 0.3 is 0 Å². The van der Waals surface area contributed by atoms with E-state index in [0.29, 0.717) is 28.9 Å². The van der Waals surface area contributed by atoms with Crippen LogP contribution in [0.15, 0.2) is 78.9 Å². The highest BCUT2D eigenvalue weighted by molar-refractivity contribution is 6.32. The van der Waals surface area contributed by atoms with E-state index >= 15 is 0 Å². The first-order chi connectivity index (χ1) is 16.2. The van der Waals surface area contributed by atoms with E-state index < -0.39 is 0 Å². The van der Waals surface area contributed by atoms with Crippen LogP contribution in [0.25, 0.3) is 10.9 Å². The van der Waals surface area contributed by atoms with Crippen LogP contribution in [-0.4, -0.2) is 15.0 Å². The second-order valence-corrected chi connectivity index (χ2v) is 7.17. The van der Waals surface area contributed by atoms with Crippen LogP contribution in [0.5, 0.6) is 5.75 Å². The molecule has 9 heteroatoms. The summed E-state index contributed by atoms with van der Waals surface area (Å²) in [6, 6.07) is 20.0. The molecule has 0 spiro atoms. The van der Waals surface area contributed by atoms with Gasteiger partial charge in [0.15, 0.2) is 0 Å². The molecule has 2 aromatic heterocycles. The summed E-state index contributed by atoms with van der Waals surface area (Å²) >= 11 is 6.42. The van der Waals surface area contributed by atoms with E-state index in [0.717, 1.165) is 22.3 Å². The number of rotatable bonds is 7. The molecule has 0 amide bonds. The molecule has 160 valence electrons. The highest BCUT2D eigenvalue weighted by atomic mass is 35.5. The fourth-order valence-corrected chi connectivity index (χ4v) is 3.19. The molecule has 0 aliphatic heterocycles. The highest BCUT2D eigenvalue weighted by Crippen LogP contribution is 2.31. The quantitative estimate of drug-likeness (QED) is 0.359. The number of nitrogens with zero attached hydrogens (tertiary/aromatic N) is 5. The van der Waals surface area contributed by atoms with Gasteiger partial charge in [-0.15, -0.1) is 0 Å². The van der Waals surface area contributed by atoms with E-state index in [4.69, 9.17) is 26.9 Å². The van der Waals surface area contributed by atoms with Crippen LogP contribution < -0.4 is 15.4 Å². The minimum Gasteiger partial charge on any atom is -0.486 e.